The largest absolute Gasteiger partial charge is 0.347 e. The number of para-hydroxylation sites is 2. The maximum atomic E-state index is 12.9. The van der Waals surface area contributed by atoms with Crippen molar-refractivity contribution in [2.24, 2.45) is 0 Å². The van der Waals surface area contributed by atoms with Crippen LogP contribution in [0, 0.1) is 0 Å². The number of hydrogen-bond donors (Lipinski definition) is 0. The summed E-state index contributed by atoms with van der Waals surface area (Å²) in [7, 11) is 0. The van der Waals surface area contributed by atoms with Gasteiger partial charge in [-0.2, -0.15) is 0 Å². The van der Waals surface area contributed by atoms with Crippen molar-refractivity contribution in [3.05, 3.63) is 84.7 Å². The number of carbonyl (C=O) groups is 1. The van der Waals surface area contributed by atoms with Gasteiger partial charge in [0.2, 0.25) is 0 Å². The molecule has 0 bridgehead atoms. The van der Waals surface area contributed by atoms with Gasteiger partial charge in [-0.3, -0.25) is 9.36 Å². The first-order valence-electron chi connectivity index (χ1n) is 9.14. The Morgan fingerprint density at radius 1 is 1.04 bits per heavy atom. The zero-order valence-corrected chi connectivity index (χ0v) is 14.9. The molecule has 0 saturated heterocycles. The summed E-state index contributed by atoms with van der Waals surface area (Å²) in [6.07, 6.45) is 10.0. The van der Waals surface area contributed by atoms with Crippen LogP contribution in [-0.2, 0) is 0 Å². The van der Waals surface area contributed by atoms with Gasteiger partial charge in [-0.1, -0.05) is 49.7 Å². The minimum Gasteiger partial charge on any atom is -0.347 e. The summed E-state index contributed by atoms with van der Waals surface area (Å²) in [4.78, 5) is 15.2. The highest BCUT2D eigenvalue weighted by atomic mass is 16.1. The molecule has 0 amide bonds. The highest BCUT2D eigenvalue weighted by molar-refractivity contribution is 6.05. The van der Waals surface area contributed by atoms with E-state index in [-0.39, 0.29) is 5.91 Å². The monoisotopic (exact) mass is 342 g/mol. The summed E-state index contributed by atoms with van der Waals surface area (Å²) < 4.78 is 1.71. The number of carbonyl (C=O) groups excluding carboxylic acids is 1. The first-order chi connectivity index (χ1) is 12.8. The van der Waals surface area contributed by atoms with Crippen LogP contribution in [0.2, 0.25) is 0 Å². The molecule has 1 aromatic heterocycles. The van der Waals surface area contributed by atoms with Gasteiger partial charge in [0.1, 0.15) is 0 Å². The van der Waals surface area contributed by atoms with E-state index in [9.17, 15) is 4.79 Å². The van der Waals surface area contributed by atoms with Crippen LogP contribution in [0.25, 0.3) is 16.5 Å². The minimum atomic E-state index is -0.0253. The van der Waals surface area contributed by atoms with Gasteiger partial charge in [-0.15, -0.1) is 0 Å². The lowest BCUT2D eigenvalue weighted by Crippen LogP contribution is -2.21. The molecule has 1 aliphatic rings. The Balaban J connectivity index is 1.70. The number of anilines is 1. The Labute approximate surface area is 153 Å². The number of benzene rings is 2. The summed E-state index contributed by atoms with van der Waals surface area (Å²) in [5.74, 6) is -0.0253. The van der Waals surface area contributed by atoms with E-state index in [4.69, 9.17) is 0 Å². The number of rotatable bonds is 4. The van der Waals surface area contributed by atoms with E-state index in [0.29, 0.717) is 0 Å². The molecule has 0 N–H and O–H groups in total. The van der Waals surface area contributed by atoms with Crippen molar-refractivity contribution in [1.82, 2.24) is 4.57 Å². The van der Waals surface area contributed by atoms with Crippen molar-refractivity contribution in [1.29, 1.82) is 0 Å². The topological polar surface area (TPSA) is 25.2 Å². The fraction of sp³-hybridized carbons (Fsp3) is 0.174. The first-order valence-corrected chi connectivity index (χ1v) is 9.14. The molecule has 130 valence electrons. The molecule has 0 radical (unpaired) electrons. The van der Waals surface area contributed by atoms with E-state index in [0.717, 1.165) is 41.4 Å². The lowest BCUT2D eigenvalue weighted by atomic mass is 9.99. The number of fused-ring (bicyclic) bond motifs is 2. The molecule has 0 fully saturated rings. The number of allylic oxidation sites excluding steroid dienone is 3. The van der Waals surface area contributed by atoms with Crippen LogP contribution in [0.3, 0.4) is 0 Å². The van der Waals surface area contributed by atoms with Crippen LogP contribution < -0.4 is 4.90 Å². The molecule has 0 spiro atoms. The van der Waals surface area contributed by atoms with Crippen molar-refractivity contribution in [3.63, 3.8) is 0 Å². The molecule has 0 atom stereocenters. The van der Waals surface area contributed by atoms with Gasteiger partial charge in [0, 0.05) is 41.7 Å². The maximum Gasteiger partial charge on any atom is 0.255 e. The molecule has 2 heterocycles. The molecule has 0 saturated carbocycles. The van der Waals surface area contributed by atoms with Gasteiger partial charge >= 0.3 is 0 Å². The molecule has 2 aromatic carbocycles. The summed E-state index contributed by atoms with van der Waals surface area (Å²) in [6, 6.07) is 18.2. The zero-order chi connectivity index (χ0) is 17.9. The summed E-state index contributed by atoms with van der Waals surface area (Å²) >= 11 is 0. The normalized spacial score (nSPS) is 14.8. The third kappa shape index (κ3) is 2.97. The van der Waals surface area contributed by atoms with Crippen molar-refractivity contribution in [2.75, 3.05) is 11.4 Å². The molecule has 3 nitrogen and oxygen atoms in total. The predicted octanol–water partition coefficient (Wildman–Crippen LogP) is 5.50. The van der Waals surface area contributed by atoms with E-state index in [2.05, 4.69) is 36.2 Å². The van der Waals surface area contributed by atoms with Crippen LogP contribution in [0.1, 0.15) is 30.1 Å². The molecule has 0 unspecified atom stereocenters. The SMILES string of the molecule is CCCCN1C=C/C(=C\C(=O)n2ccc3ccccc32)c2ccccc21. The second kappa shape index (κ2) is 7.04. The van der Waals surface area contributed by atoms with Gasteiger partial charge < -0.3 is 4.90 Å². The predicted molar refractivity (Wildman–Crippen MR) is 108 cm³/mol. The molecule has 26 heavy (non-hydrogen) atoms. The third-order valence-corrected chi connectivity index (χ3v) is 4.83. The highest BCUT2D eigenvalue weighted by Gasteiger charge is 2.17. The highest BCUT2D eigenvalue weighted by Crippen LogP contribution is 2.33. The molecule has 3 aromatic rings. The lowest BCUT2D eigenvalue weighted by molar-refractivity contribution is 0.0974. The van der Waals surface area contributed by atoms with Gasteiger partial charge in [-0.05, 0) is 36.3 Å². The van der Waals surface area contributed by atoms with Gasteiger partial charge in [0.05, 0.1) is 5.52 Å². The van der Waals surface area contributed by atoms with E-state index in [1.54, 1.807) is 10.6 Å². The summed E-state index contributed by atoms with van der Waals surface area (Å²) in [5.41, 5.74) is 4.17. The number of hydrogen-bond acceptors (Lipinski definition) is 2. The van der Waals surface area contributed by atoms with E-state index >= 15 is 0 Å². The van der Waals surface area contributed by atoms with Crippen molar-refractivity contribution >= 4 is 28.1 Å². The van der Waals surface area contributed by atoms with Crippen LogP contribution in [-0.4, -0.2) is 17.0 Å². The summed E-state index contributed by atoms with van der Waals surface area (Å²) in [5, 5.41) is 1.07. The molecule has 0 aliphatic carbocycles. The number of aromatic nitrogens is 1. The van der Waals surface area contributed by atoms with Crippen molar-refractivity contribution < 1.29 is 4.79 Å². The quantitative estimate of drug-likeness (QED) is 0.585. The Morgan fingerprint density at radius 2 is 1.85 bits per heavy atom. The van der Waals surface area contributed by atoms with Crippen LogP contribution in [0.5, 0.6) is 0 Å². The smallest absolute Gasteiger partial charge is 0.255 e. The average Bonchev–Trinajstić information content (AvgIpc) is 3.11. The fourth-order valence-electron chi connectivity index (χ4n) is 3.44. The molecule has 1 aliphatic heterocycles. The Bertz CT molecular complexity index is 1010. The van der Waals surface area contributed by atoms with Gasteiger partial charge in [0.15, 0.2) is 0 Å². The Morgan fingerprint density at radius 3 is 2.73 bits per heavy atom. The van der Waals surface area contributed by atoms with Gasteiger partial charge in [-0.25, -0.2) is 0 Å². The second-order valence-electron chi connectivity index (χ2n) is 6.56. The average molecular weight is 342 g/mol. The van der Waals surface area contributed by atoms with Crippen LogP contribution in [0.15, 0.2) is 79.1 Å². The zero-order valence-electron chi connectivity index (χ0n) is 14.9. The lowest BCUT2D eigenvalue weighted by Gasteiger charge is -2.27. The molecular weight excluding hydrogens is 320 g/mol. The number of unbranched alkanes of at least 4 members (excludes halogenated alkanes) is 1. The third-order valence-electron chi connectivity index (χ3n) is 4.83. The minimum absolute atomic E-state index is 0.0253. The summed E-state index contributed by atoms with van der Waals surface area (Å²) in [6.45, 7) is 3.19. The second-order valence-corrected chi connectivity index (χ2v) is 6.56. The van der Waals surface area contributed by atoms with Crippen molar-refractivity contribution in [3.8, 4) is 0 Å². The van der Waals surface area contributed by atoms with Crippen LogP contribution in [0.4, 0.5) is 5.69 Å². The Kier molecular flexibility index (Phi) is 4.44. The number of nitrogens with zero attached hydrogens (tertiary/aromatic N) is 2. The van der Waals surface area contributed by atoms with E-state index < -0.39 is 0 Å². The van der Waals surface area contributed by atoms with Gasteiger partial charge in [0.25, 0.3) is 5.91 Å². The maximum absolute atomic E-state index is 12.9. The fourth-order valence-corrected chi connectivity index (χ4v) is 3.44. The van der Waals surface area contributed by atoms with E-state index in [1.807, 2.05) is 48.7 Å². The van der Waals surface area contributed by atoms with E-state index in [1.165, 1.54) is 5.69 Å². The standard InChI is InChI=1S/C23H22N2O/c1-2-3-14-24-15-12-19(20-9-5-7-11-22(20)24)17-23(26)25-16-13-18-8-4-6-10-21(18)25/h4-13,15-17H,2-3,14H2,1H3/b19-17+. The molecule has 3 heteroatoms. The van der Waals surface area contributed by atoms with Crippen molar-refractivity contribution in [2.45, 2.75) is 19.8 Å². The molecule has 4 rings (SSSR count). The first kappa shape index (κ1) is 16.4. The molecular formula is C23H22N2O. The van der Waals surface area contributed by atoms with Crippen LogP contribution >= 0.6 is 0 Å². The Hall–Kier alpha value is -3.07.